The highest BCUT2D eigenvalue weighted by Crippen LogP contribution is 2.70. The Balaban J connectivity index is 1.79. The van der Waals surface area contributed by atoms with Gasteiger partial charge >= 0.3 is 5.97 Å². The fraction of sp³-hybridized carbons (Fsp3) is 0.792. The molecular formula is C24H34O5. The highest BCUT2D eigenvalue weighted by molar-refractivity contribution is 5.92. The van der Waals surface area contributed by atoms with Crippen molar-refractivity contribution in [3.63, 3.8) is 0 Å². The maximum atomic E-state index is 13.0. The van der Waals surface area contributed by atoms with Crippen molar-refractivity contribution >= 4 is 17.5 Å². The number of ketones is 2. The Kier molecular flexibility index (Phi) is 4.48. The van der Waals surface area contributed by atoms with Gasteiger partial charge in [-0.2, -0.15) is 0 Å². The van der Waals surface area contributed by atoms with Crippen molar-refractivity contribution in [1.82, 2.24) is 0 Å². The number of carbonyl (C=O) groups is 3. The van der Waals surface area contributed by atoms with Gasteiger partial charge in [0.1, 0.15) is 0 Å². The number of hydrogen-bond donors (Lipinski definition) is 1. The summed E-state index contributed by atoms with van der Waals surface area (Å²) in [5.74, 6) is -0.270. The number of fused-ring (bicyclic) bond motifs is 5. The minimum atomic E-state index is -1.12. The lowest BCUT2D eigenvalue weighted by molar-refractivity contribution is -0.219. The first-order chi connectivity index (χ1) is 13.4. The summed E-state index contributed by atoms with van der Waals surface area (Å²) in [6.45, 7) is 9.17. The van der Waals surface area contributed by atoms with Gasteiger partial charge in [0.2, 0.25) is 0 Å². The number of Topliss-reactive ketones (excluding diaryl/α,β-unsaturated/α-hetero) is 1. The van der Waals surface area contributed by atoms with Gasteiger partial charge in [-0.1, -0.05) is 26.3 Å². The van der Waals surface area contributed by atoms with Crippen LogP contribution in [0.1, 0.15) is 79.6 Å². The molecule has 3 fully saturated rings. The minimum Gasteiger partial charge on any atom is -0.450 e. The molecule has 0 unspecified atom stereocenters. The average Bonchev–Trinajstić information content (AvgIpc) is 2.85. The zero-order chi connectivity index (χ0) is 21.4. The smallest absolute Gasteiger partial charge is 0.303 e. The summed E-state index contributed by atoms with van der Waals surface area (Å²) in [5, 5.41) is 12.1. The first kappa shape index (κ1) is 20.8. The first-order valence-electron chi connectivity index (χ1n) is 11.1. The van der Waals surface area contributed by atoms with Crippen molar-refractivity contribution in [2.45, 2.75) is 90.8 Å². The molecule has 0 aromatic carbocycles. The topological polar surface area (TPSA) is 80.7 Å². The van der Waals surface area contributed by atoms with E-state index >= 15 is 0 Å². The Morgan fingerprint density at radius 1 is 1.10 bits per heavy atom. The van der Waals surface area contributed by atoms with Gasteiger partial charge in [0.25, 0.3) is 0 Å². The molecule has 0 aliphatic heterocycles. The van der Waals surface area contributed by atoms with Crippen LogP contribution in [0.15, 0.2) is 11.6 Å². The second-order valence-electron chi connectivity index (χ2n) is 10.6. The molecule has 5 heteroatoms. The van der Waals surface area contributed by atoms with Gasteiger partial charge in [-0.3, -0.25) is 14.4 Å². The largest absolute Gasteiger partial charge is 0.450 e. The van der Waals surface area contributed by atoms with Crippen LogP contribution in [0.5, 0.6) is 0 Å². The molecule has 4 aliphatic carbocycles. The fourth-order valence-corrected chi connectivity index (χ4v) is 8.10. The van der Waals surface area contributed by atoms with Crippen LogP contribution in [0.2, 0.25) is 0 Å². The molecular weight excluding hydrogens is 368 g/mol. The molecule has 3 saturated carbocycles. The van der Waals surface area contributed by atoms with Crippen LogP contribution in [0.4, 0.5) is 0 Å². The van der Waals surface area contributed by atoms with Crippen molar-refractivity contribution < 1.29 is 24.2 Å². The van der Waals surface area contributed by atoms with Crippen LogP contribution in [0, 0.1) is 28.6 Å². The molecule has 0 radical (unpaired) electrons. The molecule has 0 aromatic rings. The average molecular weight is 403 g/mol. The van der Waals surface area contributed by atoms with Crippen LogP contribution in [-0.2, 0) is 19.1 Å². The van der Waals surface area contributed by atoms with E-state index in [0.29, 0.717) is 25.7 Å². The SMILES string of the molecule is CC(=O)O[C@]1(C(C)=O)[C@@H](C)C[C@H]2[C@@H]3CCC4=CC(=O)CC[C@]4(C)[C@@]3(O)CC[C@@]21C. The van der Waals surface area contributed by atoms with Crippen molar-refractivity contribution in [2.75, 3.05) is 0 Å². The summed E-state index contributed by atoms with van der Waals surface area (Å²) in [4.78, 5) is 37.0. The van der Waals surface area contributed by atoms with E-state index in [-0.39, 0.29) is 29.3 Å². The van der Waals surface area contributed by atoms with Gasteiger partial charge in [-0.05, 0) is 63.4 Å². The van der Waals surface area contributed by atoms with Gasteiger partial charge in [0.15, 0.2) is 17.2 Å². The molecule has 0 amide bonds. The summed E-state index contributed by atoms with van der Waals surface area (Å²) >= 11 is 0. The Hall–Kier alpha value is -1.49. The van der Waals surface area contributed by atoms with E-state index in [0.717, 1.165) is 24.8 Å². The highest BCUT2D eigenvalue weighted by atomic mass is 16.6. The lowest BCUT2D eigenvalue weighted by Crippen LogP contribution is -2.66. The van der Waals surface area contributed by atoms with E-state index in [1.165, 1.54) is 6.92 Å². The van der Waals surface area contributed by atoms with Crippen LogP contribution in [-0.4, -0.2) is 33.8 Å². The molecule has 7 atom stereocenters. The van der Waals surface area contributed by atoms with Crippen molar-refractivity contribution in [3.8, 4) is 0 Å². The first-order valence-corrected chi connectivity index (χ1v) is 11.1. The molecule has 29 heavy (non-hydrogen) atoms. The third-order valence-corrected chi connectivity index (χ3v) is 9.52. The summed E-state index contributed by atoms with van der Waals surface area (Å²) in [6, 6.07) is 0. The van der Waals surface area contributed by atoms with E-state index in [4.69, 9.17) is 4.74 Å². The minimum absolute atomic E-state index is 0.0378. The Labute approximate surface area is 173 Å². The molecule has 0 spiro atoms. The summed E-state index contributed by atoms with van der Waals surface area (Å²) in [5.41, 5.74) is -1.78. The fourth-order valence-electron chi connectivity index (χ4n) is 8.10. The molecule has 0 bridgehead atoms. The highest BCUT2D eigenvalue weighted by Gasteiger charge is 2.73. The van der Waals surface area contributed by atoms with Gasteiger partial charge in [-0.15, -0.1) is 0 Å². The van der Waals surface area contributed by atoms with Gasteiger partial charge in [-0.25, -0.2) is 0 Å². The zero-order valence-corrected chi connectivity index (χ0v) is 18.3. The van der Waals surface area contributed by atoms with Crippen LogP contribution in [0.3, 0.4) is 0 Å². The van der Waals surface area contributed by atoms with E-state index in [1.807, 2.05) is 6.92 Å². The molecule has 0 aromatic heterocycles. The maximum absolute atomic E-state index is 13.0. The lowest BCUT2D eigenvalue weighted by atomic mass is 9.44. The van der Waals surface area contributed by atoms with Gasteiger partial charge < -0.3 is 9.84 Å². The van der Waals surface area contributed by atoms with E-state index < -0.39 is 28.0 Å². The number of carbonyl (C=O) groups excluding carboxylic acids is 3. The monoisotopic (exact) mass is 402 g/mol. The normalized spacial score (nSPS) is 48.8. The van der Waals surface area contributed by atoms with E-state index in [2.05, 4.69) is 13.8 Å². The predicted octanol–water partition coefficient (Wildman–Crippen LogP) is 3.77. The summed E-state index contributed by atoms with van der Waals surface area (Å²) in [7, 11) is 0. The standard InChI is InChI=1S/C24H34O5/c1-14-12-20-19-7-6-17-13-18(27)8-9-21(17,4)23(19,28)11-10-22(20,5)24(14,15(2)25)29-16(3)26/h13-14,19-20,28H,6-12H2,1-5H3/t14-,19-,20-,21-,22-,23+,24-/m0/s1. The maximum Gasteiger partial charge on any atom is 0.303 e. The van der Waals surface area contributed by atoms with Crippen LogP contribution in [0.25, 0.3) is 0 Å². The van der Waals surface area contributed by atoms with Gasteiger partial charge in [0, 0.05) is 30.1 Å². The number of rotatable bonds is 2. The predicted molar refractivity (Wildman–Crippen MR) is 108 cm³/mol. The van der Waals surface area contributed by atoms with Crippen molar-refractivity contribution in [2.24, 2.45) is 28.6 Å². The Morgan fingerprint density at radius 2 is 1.79 bits per heavy atom. The number of hydrogen-bond acceptors (Lipinski definition) is 5. The molecule has 0 saturated heterocycles. The van der Waals surface area contributed by atoms with Gasteiger partial charge in [0.05, 0.1) is 5.60 Å². The van der Waals surface area contributed by atoms with E-state index in [1.54, 1.807) is 13.0 Å². The molecule has 0 heterocycles. The third kappa shape index (κ3) is 2.40. The molecule has 5 nitrogen and oxygen atoms in total. The lowest BCUT2D eigenvalue weighted by Gasteiger charge is -2.63. The number of aliphatic hydroxyl groups is 1. The Bertz CT molecular complexity index is 814. The molecule has 4 rings (SSSR count). The number of esters is 1. The summed E-state index contributed by atoms with van der Waals surface area (Å²) in [6.07, 6.45) is 6.55. The van der Waals surface area contributed by atoms with Crippen LogP contribution < -0.4 is 0 Å². The number of ether oxygens (including phenoxy) is 1. The second kappa shape index (κ2) is 6.26. The second-order valence-corrected chi connectivity index (χ2v) is 10.6. The van der Waals surface area contributed by atoms with Crippen LogP contribution >= 0.6 is 0 Å². The summed E-state index contributed by atoms with van der Waals surface area (Å²) < 4.78 is 5.88. The third-order valence-electron chi connectivity index (χ3n) is 9.52. The van der Waals surface area contributed by atoms with Crippen molar-refractivity contribution in [3.05, 3.63) is 11.6 Å². The molecule has 4 aliphatic rings. The van der Waals surface area contributed by atoms with Crippen molar-refractivity contribution in [1.29, 1.82) is 0 Å². The van der Waals surface area contributed by atoms with E-state index in [9.17, 15) is 19.5 Å². The zero-order valence-electron chi connectivity index (χ0n) is 18.3. The Morgan fingerprint density at radius 3 is 2.41 bits per heavy atom. The molecule has 1 N–H and O–H groups in total. The quantitative estimate of drug-likeness (QED) is 0.711. The molecule has 160 valence electrons.